The molecule has 0 unspecified atom stereocenters. The lowest BCUT2D eigenvalue weighted by Crippen LogP contribution is -2.37. The van der Waals surface area contributed by atoms with E-state index in [2.05, 4.69) is 0 Å². The molecule has 6 nitrogen and oxygen atoms in total. The number of carboxylic acid groups (broad SMARTS) is 2. The second kappa shape index (κ2) is 6.38. The Hall–Kier alpha value is -1.14. The smallest absolute Gasteiger partial charge is 0.329 e. The van der Waals surface area contributed by atoms with Crippen LogP contribution in [0.2, 0.25) is 0 Å². The van der Waals surface area contributed by atoms with E-state index < -0.39 is 11.9 Å². The first-order valence-electron chi connectivity index (χ1n) is 3.70. The van der Waals surface area contributed by atoms with Crippen molar-refractivity contribution in [3.8, 4) is 0 Å². The molecule has 0 saturated heterocycles. The largest absolute Gasteiger partial charge is 0.549 e. The van der Waals surface area contributed by atoms with E-state index in [1.807, 2.05) is 0 Å². The molecule has 0 spiro atoms. The van der Waals surface area contributed by atoms with Gasteiger partial charge in [-0.2, -0.15) is 0 Å². The van der Waals surface area contributed by atoms with Gasteiger partial charge in [0.15, 0.2) is 0 Å². The molecule has 0 fully saturated rings. The number of nitrogens with zero attached hydrogens (tertiary/aromatic N) is 1. The second-order valence-corrected chi connectivity index (χ2v) is 2.56. The predicted molar refractivity (Wildman–Crippen MR) is 41.0 cm³/mol. The van der Waals surface area contributed by atoms with Crippen LogP contribution in [0.1, 0.15) is 0 Å². The van der Waals surface area contributed by atoms with Gasteiger partial charge in [0.05, 0.1) is 12.6 Å². The van der Waals surface area contributed by atoms with Crippen LogP contribution in [-0.4, -0.2) is 55.3 Å². The van der Waals surface area contributed by atoms with Gasteiger partial charge in [-0.3, -0.25) is 4.90 Å². The Kier molecular flexibility index (Phi) is 5.82. The molecule has 0 rings (SSSR count). The van der Waals surface area contributed by atoms with Crippen molar-refractivity contribution >= 4 is 11.9 Å². The fourth-order valence-corrected chi connectivity index (χ4v) is 0.679. The molecule has 0 aliphatic heterocycles. The molecule has 0 aliphatic rings. The number of aliphatic carboxylic acids is 2. The number of carbonyl (C=O) groups is 2. The Morgan fingerprint density at radius 3 is 2.62 bits per heavy atom. The Morgan fingerprint density at radius 2 is 2.15 bits per heavy atom. The molecule has 0 atom stereocenters. The van der Waals surface area contributed by atoms with E-state index in [9.17, 15) is 14.7 Å². The maximum atomic E-state index is 10.1. The third-order valence-corrected chi connectivity index (χ3v) is 1.24. The number of ether oxygens (including phenoxy) is 1. The topological polar surface area (TPSA) is 89.9 Å². The molecule has 0 aromatic rings. The van der Waals surface area contributed by atoms with Crippen molar-refractivity contribution in [2.24, 2.45) is 0 Å². The van der Waals surface area contributed by atoms with Gasteiger partial charge in [0.25, 0.3) is 0 Å². The van der Waals surface area contributed by atoms with Gasteiger partial charge in [-0.25, -0.2) is 4.79 Å². The standard InChI is InChI=1S/C7H13NO5/c1-8(4-6(9)10)2-3-13-5-7(11)12/h2-5H2,1H3,(H,9,10)(H,11,12)/p-1. The molecule has 6 heteroatoms. The van der Waals surface area contributed by atoms with Gasteiger partial charge in [-0.05, 0) is 7.05 Å². The number of rotatable bonds is 7. The summed E-state index contributed by atoms with van der Waals surface area (Å²) in [4.78, 5) is 21.5. The predicted octanol–water partition coefficient (Wildman–Crippen LogP) is -2.23. The van der Waals surface area contributed by atoms with Gasteiger partial charge < -0.3 is 19.7 Å². The first-order valence-corrected chi connectivity index (χ1v) is 3.70. The van der Waals surface area contributed by atoms with Gasteiger partial charge in [-0.15, -0.1) is 0 Å². The molecule has 76 valence electrons. The zero-order valence-electron chi connectivity index (χ0n) is 7.36. The lowest BCUT2D eigenvalue weighted by atomic mass is 10.5. The number of carbonyl (C=O) groups excluding carboxylic acids is 1. The molecule has 0 radical (unpaired) electrons. The van der Waals surface area contributed by atoms with Crippen LogP contribution in [0, 0.1) is 0 Å². The van der Waals surface area contributed by atoms with Gasteiger partial charge in [0.2, 0.25) is 0 Å². The lowest BCUT2D eigenvalue weighted by molar-refractivity contribution is -0.306. The maximum Gasteiger partial charge on any atom is 0.329 e. The van der Waals surface area contributed by atoms with Crippen molar-refractivity contribution in [1.29, 1.82) is 0 Å². The van der Waals surface area contributed by atoms with Crippen LogP contribution in [0.4, 0.5) is 0 Å². The highest BCUT2D eigenvalue weighted by atomic mass is 16.5. The molecule has 0 amide bonds. The van der Waals surface area contributed by atoms with Gasteiger partial charge >= 0.3 is 5.97 Å². The van der Waals surface area contributed by atoms with E-state index in [0.717, 1.165) is 0 Å². The van der Waals surface area contributed by atoms with E-state index >= 15 is 0 Å². The van der Waals surface area contributed by atoms with Crippen LogP contribution < -0.4 is 5.11 Å². The number of hydrogen-bond acceptors (Lipinski definition) is 5. The first-order chi connectivity index (χ1) is 6.02. The van der Waals surface area contributed by atoms with E-state index in [0.29, 0.717) is 6.54 Å². The third-order valence-electron chi connectivity index (χ3n) is 1.24. The SMILES string of the molecule is CN(CCOCC(=O)O)CC(=O)[O-]. The van der Waals surface area contributed by atoms with Crippen LogP contribution in [0.15, 0.2) is 0 Å². The maximum absolute atomic E-state index is 10.1. The van der Waals surface area contributed by atoms with Crippen LogP contribution in [0.3, 0.4) is 0 Å². The fourth-order valence-electron chi connectivity index (χ4n) is 0.679. The summed E-state index contributed by atoms with van der Waals surface area (Å²) in [7, 11) is 1.58. The van der Waals surface area contributed by atoms with Crippen LogP contribution >= 0.6 is 0 Å². The Balaban J connectivity index is 3.31. The van der Waals surface area contributed by atoms with Crippen molar-refractivity contribution in [2.75, 3.05) is 33.4 Å². The summed E-state index contributed by atoms with van der Waals surface area (Å²) < 4.78 is 4.69. The summed E-state index contributed by atoms with van der Waals surface area (Å²) in [6.45, 7) is 0.00688. The summed E-state index contributed by atoms with van der Waals surface area (Å²) >= 11 is 0. The molecular weight excluding hydrogens is 178 g/mol. The molecule has 1 N–H and O–H groups in total. The summed E-state index contributed by atoms with van der Waals surface area (Å²) in [5, 5.41) is 18.2. The first kappa shape index (κ1) is 11.9. The summed E-state index contributed by atoms with van der Waals surface area (Å²) in [5.74, 6) is -2.21. The Labute approximate surface area is 75.7 Å². The van der Waals surface area contributed by atoms with Crippen molar-refractivity contribution in [3.63, 3.8) is 0 Å². The van der Waals surface area contributed by atoms with E-state index in [4.69, 9.17) is 9.84 Å². The van der Waals surface area contributed by atoms with Crippen molar-refractivity contribution in [1.82, 2.24) is 4.90 Å². The van der Waals surface area contributed by atoms with Crippen LogP contribution in [0.25, 0.3) is 0 Å². The van der Waals surface area contributed by atoms with Crippen LogP contribution in [-0.2, 0) is 14.3 Å². The van der Waals surface area contributed by atoms with Crippen molar-refractivity contribution < 1.29 is 24.5 Å². The normalized spacial score (nSPS) is 10.3. The van der Waals surface area contributed by atoms with Gasteiger partial charge in [0.1, 0.15) is 6.61 Å². The third kappa shape index (κ3) is 8.77. The zero-order chi connectivity index (χ0) is 10.3. The molecule has 0 bridgehead atoms. The monoisotopic (exact) mass is 190 g/mol. The molecule has 0 aromatic heterocycles. The van der Waals surface area contributed by atoms with E-state index in [1.54, 1.807) is 7.05 Å². The highest BCUT2D eigenvalue weighted by Gasteiger charge is 1.99. The molecule has 0 saturated carbocycles. The summed E-state index contributed by atoms with van der Waals surface area (Å²) in [6, 6.07) is 0. The van der Waals surface area contributed by atoms with Crippen molar-refractivity contribution in [2.45, 2.75) is 0 Å². The average Bonchev–Trinajstić information content (AvgIpc) is 1.96. The minimum Gasteiger partial charge on any atom is -0.549 e. The minimum absolute atomic E-state index is 0.184. The second-order valence-electron chi connectivity index (χ2n) is 2.56. The average molecular weight is 190 g/mol. The highest BCUT2D eigenvalue weighted by Crippen LogP contribution is 1.82. The molecule has 13 heavy (non-hydrogen) atoms. The minimum atomic E-state index is -1.17. The summed E-state index contributed by atoms with van der Waals surface area (Å²) in [5.41, 5.74) is 0. The van der Waals surface area contributed by atoms with Gasteiger partial charge in [-0.1, -0.05) is 0 Å². The van der Waals surface area contributed by atoms with E-state index in [-0.39, 0.29) is 19.8 Å². The zero-order valence-corrected chi connectivity index (χ0v) is 7.36. The molecular formula is C7H12NO5-. The Morgan fingerprint density at radius 1 is 1.54 bits per heavy atom. The Bertz CT molecular complexity index is 182. The molecule has 0 aromatic carbocycles. The van der Waals surface area contributed by atoms with E-state index in [1.165, 1.54) is 4.90 Å². The summed E-state index contributed by atoms with van der Waals surface area (Å²) in [6.07, 6.45) is 0. The van der Waals surface area contributed by atoms with Gasteiger partial charge in [0, 0.05) is 13.1 Å². The number of carboxylic acids is 2. The van der Waals surface area contributed by atoms with Crippen LogP contribution in [0.5, 0.6) is 0 Å². The fraction of sp³-hybridized carbons (Fsp3) is 0.714. The molecule has 0 aliphatic carbocycles. The number of likely N-dealkylation sites (N-methyl/N-ethyl adjacent to an activating group) is 1. The number of hydrogen-bond donors (Lipinski definition) is 1. The highest BCUT2D eigenvalue weighted by molar-refractivity contribution is 5.68. The quantitative estimate of drug-likeness (QED) is 0.457. The van der Waals surface area contributed by atoms with Crippen molar-refractivity contribution in [3.05, 3.63) is 0 Å². The lowest BCUT2D eigenvalue weighted by Gasteiger charge is -2.16. The molecule has 0 heterocycles.